The Bertz CT molecular complexity index is 736. The molecule has 0 atom stereocenters. The number of nitrogen functional groups attached to an aromatic ring is 1. The number of hydrogen-bond acceptors (Lipinski definition) is 6. The van der Waals surface area contributed by atoms with Crippen LogP contribution in [0.2, 0.25) is 0 Å². The minimum atomic E-state index is -0.164. The van der Waals surface area contributed by atoms with Crippen LogP contribution in [0, 0.1) is 0 Å². The molecule has 3 aromatic heterocycles. The second kappa shape index (κ2) is 5.56. The molecule has 3 rings (SSSR count). The van der Waals surface area contributed by atoms with Crippen molar-refractivity contribution >= 4 is 44.6 Å². The Kier molecular flexibility index (Phi) is 3.62. The molecule has 102 valence electrons. The summed E-state index contributed by atoms with van der Waals surface area (Å²) in [5.74, 6) is -0.164. The maximum atomic E-state index is 12.1. The van der Waals surface area contributed by atoms with E-state index in [0.29, 0.717) is 27.5 Å². The van der Waals surface area contributed by atoms with Crippen molar-refractivity contribution in [2.24, 2.45) is 0 Å². The van der Waals surface area contributed by atoms with Crippen molar-refractivity contribution in [3.8, 4) is 0 Å². The van der Waals surface area contributed by atoms with Gasteiger partial charge in [-0.05, 0) is 28.8 Å². The lowest BCUT2D eigenvalue weighted by molar-refractivity contribution is 0.0959. The van der Waals surface area contributed by atoms with Crippen molar-refractivity contribution in [2.45, 2.75) is 6.42 Å². The Labute approximate surface area is 123 Å². The van der Waals surface area contributed by atoms with E-state index in [1.165, 1.54) is 16.9 Å². The quantitative estimate of drug-likeness (QED) is 0.775. The third-order valence-electron chi connectivity index (χ3n) is 2.85. The number of amides is 1. The molecule has 3 aromatic rings. The molecule has 0 bridgehead atoms. The number of nitrogens with zero attached hydrogens (tertiary/aromatic N) is 2. The summed E-state index contributed by atoms with van der Waals surface area (Å²) in [5, 5.41) is 6.98. The van der Waals surface area contributed by atoms with E-state index in [9.17, 15) is 4.79 Å². The van der Waals surface area contributed by atoms with Gasteiger partial charge < -0.3 is 11.1 Å². The molecule has 0 aliphatic carbocycles. The van der Waals surface area contributed by atoms with Crippen LogP contribution < -0.4 is 11.1 Å². The molecule has 3 N–H and O–H groups in total. The van der Waals surface area contributed by atoms with Crippen LogP contribution in [0.25, 0.3) is 10.3 Å². The molecule has 0 aliphatic rings. The fourth-order valence-corrected chi connectivity index (χ4v) is 3.49. The van der Waals surface area contributed by atoms with E-state index in [0.717, 1.165) is 6.42 Å². The Morgan fingerprint density at radius 1 is 1.35 bits per heavy atom. The molecule has 0 spiro atoms. The number of carbonyl (C=O) groups excluding carboxylic acids is 1. The summed E-state index contributed by atoms with van der Waals surface area (Å²) in [5.41, 5.74) is 8.19. The number of nitrogens with two attached hydrogens (primary N) is 1. The third kappa shape index (κ3) is 2.50. The molecule has 7 heteroatoms. The number of anilines is 1. The summed E-state index contributed by atoms with van der Waals surface area (Å²) >= 11 is 2.92. The first-order chi connectivity index (χ1) is 9.75. The minimum absolute atomic E-state index is 0.164. The Morgan fingerprint density at radius 3 is 2.95 bits per heavy atom. The topological polar surface area (TPSA) is 80.9 Å². The van der Waals surface area contributed by atoms with E-state index in [1.54, 1.807) is 23.7 Å². The van der Waals surface area contributed by atoms with E-state index < -0.39 is 0 Å². The van der Waals surface area contributed by atoms with Crippen LogP contribution in [0.1, 0.15) is 15.2 Å². The van der Waals surface area contributed by atoms with Crippen LogP contribution in [0.15, 0.2) is 29.2 Å². The Hall–Kier alpha value is -1.99. The number of fused-ring (bicyclic) bond motifs is 1. The van der Waals surface area contributed by atoms with E-state index in [1.807, 2.05) is 5.38 Å². The molecule has 0 saturated carbocycles. The van der Waals surface area contributed by atoms with Gasteiger partial charge in [0.15, 0.2) is 0 Å². The van der Waals surface area contributed by atoms with Crippen molar-refractivity contribution in [1.82, 2.24) is 15.3 Å². The number of carbonyl (C=O) groups is 1. The van der Waals surface area contributed by atoms with E-state index in [-0.39, 0.29) is 5.91 Å². The average Bonchev–Trinajstić information content (AvgIpc) is 3.08. The molecule has 20 heavy (non-hydrogen) atoms. The van der Waals surface area contributed by atoms with Gasteiger partial charge in [-0.2, -0.15) is 11.3 Å². The van der Waals surface area contributed by atoms with Gasteiger partial charge in [0.1, 0.15) is 15.2 Å². The average molecular weight is 304 g/mol. The summed E-state index contributed by atoms with van der Waals surface area (Å²) < 4.78 is 0. The lowest BCUT2D eigenvalue weighted by atomic mass is 10.2. The lowest BCUT2D eigenvalue weighted by Gasteiger charge is -2.03. The van der Waals surface area contributed by atoms with Gasteiger partial charge in [0.2, 0.25) is 0 Å². The van der Waals surface area contributed by atoms with Gasteiger partial charge in [0.25, 0.3) is 5.91 Å². The SMILES string of the molecule is Nc1c(C(=O)NCCc2ccsc2)sc2nccnc12. The van der Waals surface area contributed by atoms with Gasteiger partial charge >= 0.3 is 0 Å². The maximum Gasteiger partial charge on any atom is 0.263 e. The Morgan fingerprint density at radius 2 is 2.20 bits per heavy atom. The normalized spacial score (nSPS) is 10.8. The van der Waals surface area contributed by atoms with Crippen LogP contribution >= 0.6 is 22.7 Å². The second-order valence-electron chi connectivity index (χ2n) is 4.19. The zero-order valence-electron chi connectivity index (χ0n) is 10.5. The minimum Gasteiger partial charge on any atom is -0.396 e. The van der Waals surface area contributed by atoms with Gasteiger partial charge in [0.05, 0.1) is 5.69 Å². The number of nitrogens with one attached hydrogen (secondary N) is 1. The van der Waals surface area contributed by atoms with Crippen LogP contribution in [-0.4, -0.2) is 22.4 Å². The predicted molar refractivity (Wildman–Crippen MR) is 82.2 cm³/mol. The Balaban J connectivity index is 1.71. The molecule has 0 aromatic carbocycles. The van der Waals surface area contributed by atoms with Gasteiger partial charge in [-0.15, -0.1) is 11.3 Å². The highest BCUT2D eigenvalue weighted by Crippen LogP contribution is 2.30. The standard InChI is InChI=1S/C13H12N4OS2/c14-9-10-13(17-5-4-15-10)20-11(9)12(18)16-3-1-8-2-6-19-7-8/h2,4-7H,1,3,14H2,(H,16,18). The molecule has 3 heterocycles. The van der Waals surface area contributed by atoms with Gasteiger partial charge in [-0.3, -0.25) is 4.79 Å². The molecule has 0 saturated heterocycles. The van der Waals surface area contributed by atoms with Crippen molar-refractivity contribution in [3.05, 3.63) is 39.7 Å². The van der Waals surface area contributed by atoms with E-state index in [2.05, 4.69) is 26.7 Å². The molecule has 5 nitrogen and oxygen atoms in total. The van der Waals surface area contributed by atoms with Crippen LogP contribution in [0.4, 0.5) is 5.69 Å². The van der Waals surface area contributed by atoms with E-state index >= 15 is 0 Å². The molecule has 0 aliphatic heterocycles. The zero-order valence-corrected chi connectivity index (χ0v) is 12.1. The molecular weight excluding hydrogens is 292 g/mol. The molecule has 0 fully saturated rings. The van der Waals surface area contributed by atoms with Gasteiger partial charge in [0, 0.05) is 18.9 Å². The number of rotatable bonds is 4. The highest BCUT2D eigenvalue weighted by Gasteiger charge is 2.17. The number of thiophene rings is 2. The summed E-state index contributed by atoms with van der Waals surface area (Å²) in [6.07, 6.45) is 3.98. The first-order valence-corrected chi connectivity index (χ1v) is 7.80. The van der Waals surface area contributed by atoms with Crippen LogP contribution in [0.5, 0.6) is 0 Å². The molecular formula is C13H12N4OS2. The predicted octanol–water partition coefficient (Wildman–Crippen LogP) is 2.31. The summed E-state index contributed by atoms with van der Waals surface area (Å²) in [4.78, 5) is 21.6. The monoisotopic (exact) mass is 304 g/mol. The first kappa shape index (κ1) is 13.0. The van der Waals surface area contributed by atoms with E-state index in [4.69, 9.17) is 5.73 Å². The first-order valence-electron chi connectivity index (χ1n) is 6.04. The number of hydrogen-bond donors (Lipinski definition) is 2. The van der Waals surface area contributed by atoms with Crippen molar-refractivity contribution in [2.75, 3.05) is 12.3 Å². The highest BCUT2D eigenvalue weighted by molar-refractivity contribution is 7.21. The third-order valence-corrected chi connectivity index (χ3v) is 4.68. The van der Waals surface area contributed by atoms with Gasteiger partial charge in [-0.1, -0.05) is 0 Å². The van der Waals surface area contributed by atoms with Gasteiger partial charge in [-0.25, -0.2) is 9.97 Å². The fourth-order valence-electron chi connectivity index (χ4n) is 1.85. The number of aromatic nitrogens is 2. The smallest absolute Gasteiger partial charge is 0.263 e. The fraction of sp³-hybridized carbons (Fsp3) is 0.154. The lowest BCUT2D eigenvalue weighted by Crippen LogP contribution is -2.25. The van der Waals surface area contributed by atoms with Crippen molar-refractivity contribution in [1.29, 1.82) is 0 Å². The largest absolute Gasteiger partial charge is 0.396 e. The summed E-state index contributed by atoms with van der Waals surface area (Å²) in [6, 6.07) is 2.05. The highest BCUT2D eigenvalue weighted by atomic mass is 32.1. The van der Waals surface area contributed by atoms with Crippen molar-refractivity contribution < 1.29 is 4.79 Å². The summed E-state index contributed by atoms with van der Waals surface area (Å²) in [7, 11) is 0. The van der Waals surface area contributed by atoms with Crippen LogP contribution in [-0.2, 0) is 6.42 Å². The molecule has 0 unspecified atom stereocenters. The molecule has 1 amide bonds. The second-order valence-corrected chi connectivity index (χ2v) is 5.97. The zero-order chi connectivity index (χ0) is 13.9. The van der Waals surface area contributed by atoms with Crippen LogP contribution in [0.3, 0.4) is 0 Å². The van der Waals surface area contributed by atoms with Crippen molar-refractivity contribution in [3.63, 3.8) is 0 Å². The summed E-state index contributed by atoms with van der Waals surface area (Å²) in [6.45, 7) is 0.587. The maximum absolute atomic E-state index is 12.1. The molecule has 0 radical (unpaired) electrons.